The molecule has 0 aliphatic carbocycles. The van der Waals surface area contributed by atoms with Crippen LogP contribution in [0.25, 0.3) is 11.2 Å². The number of nitriles is 1. The minimum atomic E-state index is -2.37. The molecule has 3 heterocycles. The number of fused-ring (bicyclic) bond motifs is 1. The van der Waals surface area contributed by atoms with Crippen LogP contribution >= 0.6 is 8.53 Å². The number of hydrogen-bond donors (Lipinski definition) is 1. The van der Waals surface area contributed by atoms with Crippen LogP contribution in [-0.2, 0) is 24.1 Å². The minimum absolute atomic E-state index is 0.000734. The first-order valence-electron chi connectivity index (χ1n) is 21.8. The van der Waals surface area contributed by atoms with Crippen LogP contribution in [0.4, 0.5) is 5.82 Å². The summed E-state index contributed by atoms with van der Waals surface area (Å²) in [6, 6.07) is 34.5. The first-order valence-corrected chi connectivity index (χ1v) is 21.3. The van der Waals surface area contributed by atoms with E-state index in [9.17, 15) is 14.2 Å². The Kier molecular flexibility index (Phi) is 13.3. The van der Waals surface area contributed by atoms with Crippen LogP contribution in [0.3, 0.4) is 0 Å². The van der Waals surface area contributed by atoms with Crippen molar-refractivity contribution in [3.05, 3.63) is 144 Å². The molecule has 1 saturated heterocycles. The Labute approximate surface area is 367 Å². The van der Waals surface area contributed by atoms with Crippen LogP contribution in [0, 0.1) is 11.3 Å². The van der Waals surface area contributed by atoms with Crippen molar-refractivity contribution in [1.82, 2.24) is 24.2 Å². The monoisotopic (exact) mass is 860 g/mol. The largest absolute Gasteiger partial charge is 0.497 e. The highest BCUT2D eigenvalue weighted by molar-refractivity contribution is 7.44. The summed E-state index contributed by atoms with van der Waals surface area (Å²) in [4.78, 5) is 26.6. The van der Waals surface area contributed by atoms with Gasteiger partial charge in [-0.25, -0.2) is 19.6 Å². The van der Waals surface area contributed by atoms with E-state index < -0.39 is 51.4 Å². The fourth-order valence-corrected chi connectivity index (χ4v) is 8.91. The molecule has 322 valence electrons. The summed E-state index contributed by atoms with van der Waals surface area (Å²) in [6.07, 6.45) is -4.17. The normalized spacial score (nSPS) is 20.6. The third kappa shape index (κ3) is 9.64. The van der Waals surface area contributed by atoms with Gasteiger partial charge in [0.1, 0.15) is 35.8 Å². The average Bonchev–Trinajstić information content (AvgIpc) is 3.86. The molecule has 2 unspecified atom stereocenters. The third-order valence-corrected chi connectivity index (χ3v) is 12.2. The number of anilines is 1. The topological polar surface area (TPSA) is 155 Å². The van der Waals surface area contributed by atoms with Crippen LogP contribution in [0.5, 0.6) is 11.5 Å². The van der Waals surface area contributed by atoms with E-state index in [0.29, 0.717) is 33.8 Å². The Balaban J connectivity index is 1.36. The van der Waals surface area contributed by atoms with Gasteiger partial charge in [-0.3, -0.25) is 9.36 Å². The molecule has 0 spiro atoms. The van der Waals surface area contributed by atoms with E-state index in [1.807, 2.05) is 87.0 Å². The summed E-state index contributed by atoms with van der Waals surface area (Å²) in [7, 11) is 1.01. The maximum Gasteiger partial charge on any atom is 0.259 e. The van der Waals surface area contributed by atoms with Crippen LogP contribution < -0.4 is 14.8 Å². The lowest BCUT2D eigenvalue weighted by molar-refractivity contribution is -0.0912. The second-order valence-electron chi connectivity index (χ2n) is 14.8. The van der Waals surface area contributed by atoms with Crippen molar-refractivity contribution >= 4 is 31.4 Å². The summed E-state index contributed by atoms with van der Waals surface area (Å²) in [5.41, 5.74) is 1.24. The average molecular weight is 861 g/mol. The Morgan fingerprint density at radius 3 is 2.11 bits per heavy atom. The lowest BCUT2D eigenvalue weighted by atomic mass is 9.80. The summed E-state index contributed by atoms with van der Waals surface area (Å²) in [5.74, 6) is 0.923. The highest BCUT2D eigenvalue weighted by Gasteiger charge is 2.45. The van der Waals surface area contributed by atoms with E-state index in [4.69, 9.17) is 28.0 Å². The van der Waals surface area contributed by atoms with Crippen molar-refractivity contribution in [2.24, 2.45) is 0 Å². The second kappa shape index (κ2) is 20.4. The molecule has 1 aliphatic heterocycles. The fourth-order valence-electron chi connectivity index (χ4n) is 7.28. The van der Waals surface area contributed by atoms with Gasteiger partial charge in [-0.05, 0) is 80.8 Å². The van der Waals surface area contributed by atoms with E-state index in [1.54, 1.807) is 68.8 Å². The molecule has 62 heavy (non-hydrogen) atoms. The van der Waals surface area contributed by atoms with Crippen molar-refractivity contribution in [1.29, 1.82) is 5.26 Å². The number of nitrogens with zero attached hydrogens (tertiary/aromatic N) is 6. The van der Waals surface area contributed by atoms with Crippen LogP contribution in [-0.4, -0.2) is 81.8 Å². The lowest BCUT2D eigenvalue weighted by Gasteiger charge is -2.39. The highest BCUT2D eigenvalue weighted by atomic mass is 31.2. The van der Waals surface area contributed by atoms with Crippen molar-refractivity contribution in [2.75, 3.05) is 32.7 Å². The van der Waals surface area contributed by atoms with Gasteiger partial charge in [-0.1, -0.05) is 72.8 Å². The van der Waals surface area contributed by atoms with Crippen molar-refractivity contribution in [2.45, 2.75) is 76.6 Å². The van der Waals surface area contributed by atoms with Gasteiger partial charge >= 0.3 is 0 Å². The molecule has 7 rings (SSSR count). The van der Waals surface area contributed by atoms with E-state index in [-0.39, 0.29) is 42.1 Å². The summed E-state index contributed by atoms with van der Waals surface area (Å²) >= 11 is 0. The standard InChI is InChI=1S/C47H52N7O7P/c1-32(2)54(33(3)4)62(59-27-13-26-48)61-40-28-42(53-31-51-43-44(49-30-50-45(43)53)52-46(55)34-14-9-7-10-15-34)60-41(40)29-58-47(35-16-11-8-12-17-35,36-18-22-38(56-5)23-19-36)37-20-24-39(57-6)25-21-37/h7-12,14-25,30-33,40-42H,13,27-29H2,1-6H3,(H,49,50,52,55)/t40-,41+,42+,62?/m0/s1/i28D,29D,40D/t28-,29?,40-,41+,42+,62?. The van der Waals surface area contributed by atoms with Crippen molar-refractivity contribution in [3.63, 3.8) is 0 Å². The number of carbonyl (C=O) groups is 1. The predicted octanol–water partition coefficient (Wildman–Crippen LogP) is 9.05. The van der Waals surface area contributed by atoms with Gasteiger partial charge in [-0.2, -0.15) is 5.26 Å². The number of amides is 1. The smallest absolute Gasteiger partial charge is 0.259 e. The number of nitrogens with one attached hydrogen (secondary N) is 1. The second-order valence-corrected chi connectivity index (χ2v) is 16.2. The predicted molar refractivity (Wildman–Crippen MR) is 237 cm³/mol. The van der Waals surface area contributed by atoms with Gasteiger partial charge in [0, 0.05) is 25.4 Å². The third-order valence-electron chi connectivity index (χ3n) is 10.2. The number of methoxy groups -OCH3 is 2. The van der Waals surface area contributed by atoms with Crippen LogP contribution in [0.2, 0.25) is 0 Å². The Morgan fingerprint density at radius 1 is 0.935 bits per heavy atom. The molecule has 6 aromatic rings. The van der Waals surface area contributed by atoms with Gasteiger partial charge < -0.3 is 33.3 Å². The molecule has 0 saturated carbocycles. The SMILES string of the molecule is [2H]C(OC(c1ccccc1)(c1ccc(OC)cc1)c1ccc(OC)cc1)[C@H]1O[C@@H](n2cnc3c(NC(=O)c4ccccc4)ncnc32)[C@@H]([2H])[C@]1([2H])OP(OCCC#N)N(C(C)C)C(C)C. The molecular weight excluding hydrogens is 806 g/mol. The van der Waals surface area contributed by atoms with E-state index in [1.165, 1.54) is 17.2 Å². The highest BCUT2D eigenvalue weighted by Crippen LogP contribution is 2.51. The Morgan fingerprint density at radius 2 is 1.53 bits per heavy atom. The summed E-state index contributed by atoms with van der Waals surface area (Å²) in [5, 5.41) is 12.3. The molecular formula is C47H52N7O7P. The molecule has 1 N–H and O–H groups in total. The molecule has 15 heteroatoms. The van der Waals surface area contributed by atoms with Gasteiger partial charge in [0.15, 0.2) is 17.0 Å². The van der Waals surface area contributed by atoms with Crippen LogP contribution in [0.1, 0.15) is 77.9 Å². The van der Waals surface area contributed by atoms with Crippen molar-refractivity contribution in [3.8, 4) is 17.6 Å². The van der Waals surface area contributed by atoms with Gasteiger partial charge in [-0.15, -0.1) is 0 Å². The van der Waals surface area contributed by atoms with Crippen LogP contribution in [0.15, 0.2) is 122 Å². The molecule has 1 aliphatic rings. The molecule has 14 nitrogen and oxygen atoms in total. The first-order chi connectivity index (χ1) is 31.4. The first kappa shape index (κ1) is 40.3. The van der Waals surface area contributed by atoms with Gasteiger partial charge in [0.05, 0.1) is 55.0 Å². The number of carbonyl (C=O) groups excluding carboxylic acids is 1. The molecule has 1 amide bonds. The van der Waals surface area contributed by atoms with E-state index >= 15 is 0 Å². The molecule has 4 aromatic carbocycles. The number of ether oxygens (including phenoxy) is 4. The molecule has 1 fully saturated rings. The number of imidazole rings is 1. The number of benzene rings is 4. The maximum atomic E-state index is 13.2. The molecule has 0 bridgehead atoms. The fraction of sp³-hybridized carbons (Fsp3) is 0.340. The van der Waals surface area contributed by atoms with Crippen molar-refractivity contribution < 1.29 is 36.9 Å². The molecule has 6 atom stereocenters. The number of hydrogen-bond acceptors (Lipinski definition) is 12. The Hall–Kier alpha value is -5.78. The quantitative estimate of drug-likeness (QED) is 0.0469. The zero-order valence-electron chi connectivity index (χ0n) is 38.4. The minimum Gasteiger partial charge on any atom is -0.497 e. The zero-order chi connectivity index (χ0) is 46.3. The van der Waals surface area contributed by atoms with E-state index in [2.05, 4.69) is 26.3 Å². The van der Waals surface area contributed by atoms with Gasteiger partial charge in [0.25, 0.3) is 14.4 Å². The zero-order valence-corrected chi connectivity index (χ0v) is 36.3. The lowest BCUT2D eigenvalue weighted by Crippen LogP contribution is -2.39. The van der Waals surface area contributed by atoms with Gasteiger partial charge in [0.2, 0.25) is 0 Å². The van der Waals surface area contributed by atoms with E-state index in [0.717, 1.165) is 0 Å². The Bertz CT molecular complexity index is 2500. The molecule has 0 radical (unpaired) electrons. The maximum absolute atomic E-state index is 13.2. The summed E-state index contributed by atoms with van der Waals surface area (Å²) in [6.45, 7) is 6.12. The summed E-state index contributed by atoms with van der Waals surface area (Å²) < 4.78 is 71.7. The number of aromatic nitrogens is 4. The number of rotatable bonds is 19. The molecule has 2 aromatic heterocycles.